The Labute approximate surface area is 127 Å². The van der Waals surface area contributed by atoms with Gasteiger partial charge in [0.05, 0.1) is 17.5 Å². The summed E-state index contributed by atoms with van der Waals surface area (Å²) in [5.41, 5.74) is -0.300. The fourth-order valence-corrected chi connectivity index (χ4v) is 2.50. The Hall–Kier alpha value is -1.95. The molecule has 1 aliphatic rings. The maximum atomic E-state index is 11.8. The fraction of sp³-hybridized carbons (Fsp3) is 0.429. The Kier molecular flexibility index (Phi) is 4.57. The van der Waals surface area contributed by atoms with E-state index in [9.17, 15) is 14.7 Å². The molecule has 0 aliphatic heterocycles. The van der Waals surface area contributed by atoms with Crippen molar-refractivity contribution in [2.75, 3.05) is 19.0 Å². The molecule has 114 valence electrons. The molecule has 1 saturated carbocycles. The first-order valence-electron chi connectivity index (χ1n) is 6.59. The van der Waals surface area contributed by atoms with Crippen LogP contribution in [0.15, 0.2) is 18.2 Å². The van der Waals surface area contributed by atoms with Crippen molar-refractivity contribution in [1.29, 1.82) is 0 Å². The van der Waals surface area contributed by atoms with Crippen LogP contribution in [0.4, 0.5) is 10.5 Å². The van der Waals surface area contributed by atoms with E-state index in [0.29, 0.717) is 29.3 Å². The number of anilines is 1. The van der Waals surface area contributed by atoms with Crippen molar-refractivity contribution < 1.29 is 19.4 Å². The molecule has 2 rings (SSSR count). The zero-order valence-corrected chi connectivity index (χ0v) is 12.4. The molecule has 21 heavy (non-hydrogen) atoms. The number of urea groups is 1. The normalized spacial score (nSPS) is 15.7. The number of hydrogen-bond acceptors (Lipinski definition) is 3. The number of rotatable bonds is 5. The molecule has 6 nitrogen and oxygen atoms in total. The van der Waals surface area contributed by atoms with Crippen molar-refractivity contribution in [2.24, 2.45) is 5.41 Å². The molecule has 0 aromatic heterocycles. The minimum absolute atomic E-state index is 0.123. The zero-order chi connectivity index (χ0) is 15.5. The number of carbonyl (C=O) groups is 2. The number of ether oxygens (including phenoxy) is 1. The Morgan fingerprint density at radius 1 is 1.43 bits per heavy atom. The highest BCUT2D eigenvalue weighted by atomic mass is 35.5. The lowest BCUT2D eigenvalue weighted by Crippen LogP contribution is -2.48. The predicted molar refractivity (Wildman–Crippen MR) is 78.9 cm³/mol. The quantitative estimate of drug-likeness (QED) is 0.780. The molecule has 0 bridgehead atoms. The van der Waals surface area contributed by atoms with Crippen LogP contribution in [0.25, 0.3) is 0 Å². The molecular formula is C14H17ClN2O4. The molecule has 0 heterocycles. The first-order valence-corrected chi connectivity index (χ1v) is 6.96. The van der Waals surface area contributed by atoms with Crippen LogP contribution in [0, 0.1) is 5.41 Å². The second-order valence-corrected chi connectivity index (χ2v) is 5.50. The molecule has 0 saturated heterocycles. The van der Waals surface area contributed by atoms with Gasteiger partial charge in [-0.15, -0.1) is 0 Å². The number of aliphatic carboxylic acids is 1. The number of halogens is 1. The summed E-state index contributed by atoms with van der Waals surface area (Å²) >= 11 is 5.96. The first kappa shape index (κ1) is 15.4. The summed E-state index contributed by atoms with van der Waals surface area (Å²) in [6.45, 7) is 0.123. The molecule has 1 aromatic carbocycles. The van der Waals surface area contributed by atoms with Gasteiger partial charge in [0, 0.05) is 12.2 Å². The van der Waals surface area contributed by atoms with E-state index >= 15 is 0 Å². The molecule has 0 atom stereocenters. The summed E-state index contributed by atoms with van der Waals surface area (Å²) in [5, 5.41) is 14.8. The Balaban J connectivity index is 1.90. The Bertz CT molecular complexity index is 558. The summed E-state index contributed by atoms with van der Waals surface area (Å²) in [7, 11) is 1.50. The fourth-order valence-electron chi connectivity index (χ4n) is 2.24. The summed E-state index contributed by atoms with van der Waals surface area (Å²) in [6.07, 6.45) is 2.07. The average molecular weight is 313 g/mol. The molecule has 1 aromatic rings. The highest BCUT2D eigenvalue weighted by molar-refractivity contribution is 6.32. The number of nitrogens with one attached hydrogen (secondary N) is 2. The number of hydrogen-bond donors (Lipinski definition) is 3. The van der Waals surface area contributed by atoms with Crippen LogP contribution in [0.2, 0.25) is 5.02 Å². The monoisotopic (exact) mass is 312 g/mol. The third-order valence-corrected chi connectivity index (χ3v) is 4.06. The molecular weight excluding hydrogens is 296 g/mol. The third-order valence-electron chi connectivity index (χ3n) is 3.76. The minimum Gasteiger partial charge on any atom is -0.495 e. The van der Waals surface area contributed by atoms with Crippen molar-refractivity contribution >= 4 is 29.3 Å². The van der Waals surface area contributed by atoms with Crippen LogP contribution in [0.5, 0.6) is 5.75 Å². The zero-order valence-electron chi connectivity index (χ0n) is 11.6. The van der Waals surface area contributed by atoms with Gasteiger partial charge in [-0.05, 0) is 31.0 Å². The Morgan fingerprint density at radius 3 is 2.62 bits per heavy atom. The molecule has 1 aliphatic carbocycles. The van der Waals surface area contributed by atoms with Crippen LogP contribution in [-0.4, -0.2) is 30.8 Å². The predicted octanol–water partition coefficient (Wildman–Crippen LogP) is 2.73. The van der Waals surface area contributed by atoms with E-state index in [-0.39, 0.29) is 6.54 Å². The molecule has 3 N–H and O–H groups in total. The minimum atomic E-state index is -0.860. The van der Waals surface area contributed by atoms with Gasteiger partial charge < -0.3 is 20.5 Å². The van der Waals surface area contributed by atoms with E-state index in [0.717, 1.165) is 6.42 Å². The van der Waals surface area contributed by atoms with E-state index in [1.54, 1.807) is 18.2 Å². The van der Waals surface area contributed by atoms with Crippen molar-refractivity contribution in [2.45, 2.75) is 19.3 Å². The third kappa shape index (κ3) is 3.39. The van der Waals surface area contributed by atoms with Gasteiger partial charge >= 0.3 is 12.0 Å². The van der Waals surface area contributed by atoms with E-state index in [1.807, 2.05) is 0 Å². The first-order chi connectivity index (χ1) is 9.97. The molecule has 2 amide bonds. The SMILES string of the molecule is COc1ccc(NC(=O)NCC2(C(=O)O)CCC2)cc1Cl. The van der Waals surface area contributed by atoms with Gasteiger partial charge in [0.1, 0.15) is 5.75 Å². The van der Waals surface area contributed by atoms with Crippen LogP contribution < -0.4 is 15.4 Å². The van der Waals surface area contributed by atoms with Crippen LogP contribution >= 0.6 is 11.6 Å². The maximum absolute atomic E-state index is 11.8. The number of carboxylic acid groups (broad SMARTS) is 1. The molecule has 7 heteroatoms. The second kappa shape index (κ2) is 6.22. The number of methoxy groups -OCH3 is 1. The van der Waals surface area contributed by atoms with Gasteiger partial charge in [-0.3, -0.25) is 4.79 Å². The van der Waals surface area contributed by atoms with Crippen LogP contribution in [-0.2, 0) is 4.79 Å². The van der Waals surface area contributed by atoms with Gasteiger partial charge in [-0.2, -0.15) is 0 Å². The van der Waals surface area contributed by atoms with E-state index < -0.39 is 17.4 Å². The van der Waals surface area contributed by atoms with Gasteiger partial charge in [0.15, 0.2) is 0 Å². The molecule has 0 spiro atoms. The van der Waals surface area contributed by atoms with Gasteiger partial charge in [0.25, 0.3) is 0 Å². The van der Waals surface area contributed by atoms with Crippen LogP contribution in [0.1, 0.15) is 19.3 Å². The smallest absolute Gasteiger partial charge is 0.319 e. The van der Waals surface area contributed by atoms with Crippen molar-refractivity contribution in [1.82, 2.24) is 5.32 Å². The summed E-state index contributed by atoms with van der Waals surface area (Å²) in [5.74, 6) is -0.344. The van der Waals surface area contributed by atoms with E-state index in [4.69, 9.17) is 16.3 Å². The van der Waals surface area contributed by atoms with Gasteiger partial charge in [0.2, 0.25) is 0 Å². The summed E-state index contributed by atoms with van der Waals surface area (Å²) in [6, 6.07) is 4.41. The standard InChI is InChI=1S/C14H17ClN2O4/c1-21-11-4-3-9(7-10(11)15)17-13(20)16-8-14(12(18)19)5-2-6-14/h3-4,7H,2,5-6,8H2,1H3,(H,18,19)(H2,16,17,20). The Morgan fingerprint density at radius 2 is 2.14 bits per heavy atom. The topological polar surface area (TPSA) is 87.7 Å². The lowest BCUT2D eigenvalue weighted by atomic mass is 9.69. The highest BCUT2D eigenvalue weighted by Gasteiger charge is 2.44. The molecule has 0 radical (unpaired) electrons. The number of carbonyl (C=O) groups excluding carboxylic acids is 1. The summed E-state index contributed by atoms with van der Waals surface area (Å²) in [4.78, 5) is 23.0. The van der Waals surface area contributed by atoms with Crippen molar-refractivity contribution in [3.8, 4) is 5.75 Å². The second-order valence-electron chi connectivity index (χ2n) is 5.10. The maximum Gasteiger partial charge on any atom is 0.319 e. The highest BCUT2D eigenvalue weighted by Crippen LogP contribution is 2.40. The van der Waals surface area contributed by atoms with Crippen molar-refractivity contribution in [3.05, 3.63) is 23.2 Å². The lowest BCUT2D eigenvalue weighted by Gasteiger charge is -2.37. The largest absolute Gasteiger partial charge is 0.495 e. The van der Waals surface area contributed by atoms with E-state index in [2.05, 4.69) is 10.6 Å². The van der Waals surface area contributed by atoms with Gasteiger partial charge in [-0.1, -0.05) is 18.0 Å². The van der Waals surface area contributed by atoms with Crippen LogP contribution in [0.3, 0.4) is 0 Å². The van der Waals surface area contributed by atoms with E-state index in [1.165, 1.54) is 7.11 Å². The summed E-state index contributed by atoms with van der Waals surface area (Å²) < 4.78 is 5.02. The number of benzene rings is 1. The molecule has 1 fully saturated rings. The van der Waals surface area contributed by atoms with Gasteiger partial charge in [-0.25, -0.2) is 4.79 Å². The lowest BCUT2D eigenvalue weighted by molar-refractivity contribution is -0.153. The average Bonchev–Trinajstić information content (AvgIpc) is 2.37. The van der Waals surface area contributed by atoms with Crippen molar-refractivity contribution in [3.63, 3.8) is 0 Å². The molecule has 0 unspecified atom stereocenters. The number of amides is 2. The number of carboxylic acids is 1.